The van der Waals surface area contributed by atoms with Crippen molar-refractivity contribution in [3.05, 3.63) is 29.8 Å². The Morgan fingerprint density at radius 1 is 1.36 bits per heavy atom. The van der Waals surface area contributed by atoms with E-state index >= 15 is 0 Å². The molecule has 2 aliphatic heterocycles. The van der Waals surface area contributed by atoms with Crippen LogP contribution >= 0.6 is 0 Å². The van der Waals surface area contributed by atoms with Crippen molar-refractivity contribution in [2.75, 3.05) is 19.7 Å². The zero-order chi connectivity index (χ0) is 18.5. The molecule has 2 heterocycles. The molecule has 2 atom stereocenters. The summed E-state index contributed by atoms with van der Waals surface area (Å²) >= 11 is 0. The summed E-state index contributed by atoms with van der Waals surface area (Å²) in [6.07, 6.45) is 1.40. The van der Waals surface area contributed by atoms with E-state index in [0.717, 1.165) is 38.0 Å². The number of aliphatic hydroxyl groups excluding tert-OH is 1. The number of carboxylic acid groups (broad SMARTS) is 1. The van der Waals surface area contributed by atoms with Crippen LogP contribution in [0.2, 0.25) is 0 Å². The van der Waals surface area contributed by atoms with Gasteiger partial charge in [0.2, 0.25) is 0 Å². The van der Waals surface area contributed by atoms with E-state index < -0.39 is 11.7 Å². The van der Waals surface area contributed by atoms with Crippen LogP contribution in [0.1, 0.15) is 31.7 Å². The molecule has 0 aliphatic carbocycles. The summed E-state index contributed by atoms with van der Waals surface area (Å²) in [6.45, 7) is 4.24. The van der Waals surface area contributed by atoms with Gasteiger partial charge in [-0.25, -0.2) is 0 Å². The van der Waals surface area contributed by atoms with Crippen LogP contribution in [0.3, 0.4) is 0 Å². The first-order valence-electron chi connectivity index (χ1n) is 8.43. The lowest BCUT2D eigenvalue weighted by Gasteiger charge is -2.50. The Balaban J connectivity index is 0.000000701. The van der Waals surface area contributed by atoms with Crippen molar-refractivity contribution in [1.82, 2.24) is 4.90 Å². The third kappa shape index (κ3) is 5.15. The van der Waals surface area contributed by atoms with Crippen molar-refractivity contribution in [3.8, 4) is 5.75 Å². The van der Waals surface area contributed by atoms with E-state index in [4.69, 9.17) is 14.6 Å². The molecular formula is C18H27NO6. The maximum absolute atomic E-state index is 10.3. The smallest absolute Gasteiger partial charge is 0.290 e. The molecule has 1 aromatic carbocycles. The minimum absolute atomic E-state index is 0.208. The maximum Gasteiger partial charge on any atom is 0.290 e. The molecule has 3 rings (SSSR count). The van der Waals surface area contributed by atoms with Gasteiger partial charge in [0.05, 0.1) is 17.8 Å². The lowest BCUT2D eigenvalue weighted by atomic mass is 9.76. The average molecular weight is 353 g/mol. The number of piperidine rings is 1. The number of hydrogen-bond donors (Lipinski definition) is 4. The Labute approximate surface area is 147 Å². The largest absolute Gasteiger partial charge is 0.508 e. The Bertz CT molecular complexity index is 568. The minimum Gasteiger partial charge on any atom is -0.508 e. The Hall–Kier alpha value is -1.67. The molecule has 0 amide bonds. The van der Waals surface area contributed by atoms with Crippen molar-refractivity contribution in [2.24, 2.45) is 0 Å². The van der Waals surface area contributed by atoms with Gasteiger partial charge < -0.3 is 25.2 Å². The van der Waals surface area contributed by atoms with Gasteiger partial charge in [0, 0.05) is 26.1 Å². The van der Waals surface area contributed by atoms with Crippen LogP contribution in [0.5, 0.6) is 5.75 Å². The Morgan fingerprint density at radius 3 is 2.56 bits per heavy atom. The van der Waals surface area contributed by atoms with Crippen molar-refractivity contribution < 1.29 is 30.0 Å². The fraction of sp³-hybridized carbons (Fsp3) is 0.611. The van der Waals surface area contributed by atoms with E-state index in [9.17, 15) is 15.3 Å². The molecule has 0 aromatic heterocycles. The highest BCUT2D eigenvalue weighted by molar-refractivity contribution is 5.32. The van der Waals surface area contributed by atoms with Gasteiger partial charge in [-0.1, -0.05) is 12.1 Å². The second-order valence-electron chi connectivity index (χ2n) is 7.10. The van der Waals surface area contributed by atoms with Gasteiger partial charge in [0.15, 0.2) is 0 Å². The van der Waals surface area contributed by atoms with E-state index in [1.807, 2.05) is 12.1 Å². The fourth-order valence-electron chi connectivity index (χ4n) is 3.61. The van der Waals surface area contributed by atoms with Gasteiger partial charge >= 0.3 is 0 Å². The number of hydrogen-bond acceptors (Lipinski definition) is 6. The molecular weight excluding hydrogens is 326 g/mol. The third-order valence-electron chi connectivity index (χ3n) is 5.03. The molecule has 2 saturated heterocycles. The summed E-state index contributed by atoms with van der Waals surface area (Å²) in [5, 5.41) is 36.6. The lowest BCUT2D eigenvalue weighted by molar-refractivity contribution is -0.223. The Kier molecular flexibility index (Phi) is 6.40. The molecule has 1 spiro atoms. The van der Waals surface area contributed by atoms with Crippen molar-refractivity contribution in [2.45, 2.75) is 50.0 Å². The van der Waals surface area contributed by atoms with Crippen molar-refractivity contribution >= 4 is 6.47 Å². The monoisotopic (exact) mass is 353 g/mol. The van der Waals surface area contributed by atoms with E-state index in [-0.39, 0.29) is 18.7 Å². The second kappa shape index (κ2) is 8.14. The number of nitrogens with zero attached hydrogens (tertiary/aromatic N) is 1. The number of benzene rings is 1. The minimum atomic E-state index is -1.06. The third-order valence-corrected chi connectivity index (χ3v) is 5.03. The van der Waals surface area contributed by atoms with Crippen LogP contribution < -0.4 is 0 Å². The van der Waals surface area contributed by atoms with Crippen LogP contribution in [-0.4, -0.2) is 68.8 Å². The van der Waals surface area contributed by atoms with Gasteiger partial charge in [0.1, 0.15) is 11.9 Å². The SMILES string of the molecule is C[C@]1(O)CC2(CCN(Cc3cccc(O)c3)CC2)OC[C@@H]1O.O=CO. The number of phenolic OH excluding ortho intramolecular Hbond substituents is 1. The first-order chi connectivity index (χ1) is 11.8. The standard InChI is InChI=1S/C17H25NO4.CH2O2/c1-16(21)12-17(22-11-15(16)20)5-7-18(8-6-17)10-13-3-2-4-14(19)9-13;2-1-3/h2-4,9,15,19-21H,5-8,10-12H2,1H3;1H,(H,2,3)/t15-,16-;/m0./s1. The number of rotatable bonds is 2. The summed E-state index contributed by atoms with van der Waals surface area (Å²) in [5.41, 5.74) is -0.271. The van der Waals surface area contributed by atoms with Crippen LogP contribution in [0.4, 0.5) is 0 Å². The topological polar surface area (TPSA) is 110 Å². The number of aliphatic hydroxyl groups is 2. The highest BCUT2D eigenvalue weighted by Crippen LogP contribution is 2.39. The molecule has 0 radical (unpaired) electrons. The van der Waals surface area contributed by atoms with Crippen molar-refractivity contribution in [1.29, 1.82) is 0 Å². The predicted octanol–water partition coefficient (Wildman–Crippen LogP) is 0.960. The number of aromatic hydroxyl groups is 1. The molecule has 1 aromatic rings. The van der Waals surface area contributed by atoms with Crippen LogP contribution in [-0.2, 0) is 16.1 Å². The molecule has 7 heteroatoms. The summed E-state index contributed by atoms with van der Waals surface area (Å²) in [6, 6.07) is 7.35. The molecule has 2 aliphatic rings. The molecule has 0 saturated carbocycles. The summed E-state index contributed by atoms with van der Waals surface area (Å²) < 4.78 is 5.90. The lowest BCUT2D eigenvalue weighted by Crippen LogP contribution is -2.59. The first-order valence-corrected chi connectivity index (χ1v) is 8.43. The molecule has 0 bridgehead atoms. The van der Waals surface area contributed by atoms with E-state index in [1.54, 1.807) is 19.1 Å². The van der Waals surface area contributed by atoms with E-state index in [1.165, 1.54) is 0 Å². The maximum atomic E-state index is 10.3. The normalized spacial score (nSPS) is 28.8. The van der Waals surface area contributed by atoms with Crippen LogP contribution in [0.15, 0.2) is 24.3 Å². The predicted molar refractivity (Wildman–Crippen MR) is 91.2 cm³/mol. The number of ether oxygens (including phenoxy) is 1. The highest BCUT2D eigenvalue weighted by atomic mass is 16.5. The first kappa shape index (κ1) is 19.7. The highest BCUT2D eigenvalue weighted by Gasteiger charge is 2.48. The van der Waals surface area contributed by atoms with Gasteiger partial charge in [-0.2, -0.15) is 0 Å². The zero-order valence-corrected chi connectivity index (χ0v) is 14.5. The summed E-state index contributed by atoms with van der Waals surface area (Å²) in [7, 11) is 0. The zero-order valence-electron chi connectivity index (χ0n) is 14.5. The van der Waals surface area contributed by atoms with E-state index in [2.05, 4.69) is 4.90 Å². The molecule has 7 nitrogen and oxygen atoms in total. The van der Waals surface area contributed by atoms with Crippen LogP contribution in [0.25, 0.3) is 0 Å². The van der Waals surface area contributed by atoms with Gasteiger partial charge in [-0.05, 0) is 37.5 Å². The summed E-state index contributed by atoms with van der Waals surface area (Å²) in [4.78, 5) is 10.7. The average Bonchev–Trinajstić information content (AvgIpc) is 2.54. The quantitative estimate of drug-likeness (QED) is 0.586. The fourth-order valence-corrected chi connectivity index (χ4v) is 3.61. The molecule has 2 fully saturated rings. The van der Waals surface area contributed by atoms with Gasteiger partial charge in [-0.15, -0.1) is 0 Å². The number of carbonyl (C=O) groups is 1. The molecule has 0 unspecified atom stereocenters. The molecule has 25 heavy (non-hydrogen) atoms. The molecule has 4 N–H and O–H groups in total. The van der Waals surface area contributed by atoms with E-state index in [0.29, 0.717) is 12.2 Å². The van der Waals surface area contributed by atoms with Crippen LogP contribution in [0, 0.1) is 0 Å². The number of phenols is 1. The molecule has 140 valence electrons. The summed E-state index contributed by atoms with van der Waals surface area (Å²) in [5.74, 6) is 0.298. The van der Waals surface area contributed by atoms with Gasteiger partial charge in [0.25, 0.3) is 6.47 Å². The second-order valence-corrected chi connectivity index (χ2v) is 7.10. The van der Waals surface area contributed by atoms with Gasteiger partial charge in [-0.3, -0.25) is 9.69 Å². The number of likely N-dealkylation sites (tertiary alicyclic amines) is 1. The van der Waals surface area contributed by atoms with Crippen molar-refractivity contribution in [3.63, 3.8) is 0 Å². The Morgan fingerprint density at radius 2 is 2.00 bits per heavy atom.